The lowest BCUT2D eigenvalue weighted by atomic mass is 10.0. The van der Waals surface area contributed by atoms with Crippen LogP contribution in [0.4, 0.5) is 0 Å². The van der Waals surface area contributed by atoms with Gasteiger partial charge in [0.05, 0.1) is 0 Å². The number of nitrogens with one attached hydrogen (secondary N) is 1. The van der Waals surface area contributed by atoms with Gasteiger partial charge in [-0.25, -0.2) is 0 Å². The summed E-state index contributed by atoms with van der Waals surface area (Å²) in [6, 6.07) is 9.77. The molecule has 17 heavy (non-hydrogen) atoms. The summed E-state index contributed by atoms with van der Waals surface area (Å²) in [7, 11) is 0. The highest BCUT2D eigenvalue weighted by molar-refractivity contribution is 5.27. The van der Waals surface area contributed by atoms with Crippen molar-refractivity contribution >= 4 is 0 Å². The van der Waals surface area contributed by atoms with Gasteiger partial charge in [-0.1, -0.05) is 24.3 Å². The number of hydrogen-bond acceptors (Lipinski definition) is 2. The molecule has 0 bridgehead atoms. The van der Waals surface area contributed by atoms with Crippen LogP contribution in [0.15, 0.2) is 24.3 Å². The van der Waals surface area contributed by atoms with Crippen LogP contribution in [0.5, 0.6) is 0 Å². The minimum absolute atomic E-state index is 0.842. The number of fused-ring (bicyclic) bond motifs is 1. The van der Waals surface area contributed by atoms with Gasteiger partial charge in [0, 0.05) is 25.7 Å². The van der Waals surface area contributed by atoms with E-state index in [4.69, 9.17) is 0 Å². The number of nitrogens with zero attached hydrogens (tertiary/aromatic N) is 1. The molecule has 2 nitrogen and oxygen atoms in total. The quantitative estimate of drug-likeness (QED) is 0.853. The highest BCUT2D eigenvalue weighted by Crippen LogP contribution is 2.19. The van der Waals surface area contributed by atoms with E-state index in [1.165, 1.54) is 44.3 Å². The van der Waals surface area contributed by atoms with Crippen LogP contribution in [-0.4, -0.2) is 30.6 Å². The van der Waals surface area contributed by atoms with Crippen molar-refractivity contribution in [2.75, 3.05) is 19.6 Å². The minimum atomic E-state index is 0.842. The average molecular weight is 230 g/mol. The molecule has 0 spiro atoms. The maximum atomic E-state index is 3.61. The van der Waals surface area contributed by atoms with Crippen molar-refractivity contribution in [2.45, 2.75) is 38.3 Å². The normalized spacial score (nSPS) is 20.9. The van der Waals surface area contributed by atoms with E-state index in [0.717, 1.165) is 19.1 Å². The molecule has 2 heteroatoms. The molecule has 1 saturated carbocycles. The van der Waals surface area contributed by atoms with Gasteiger partial charge in [0.15, 0.2) is 0 Å². The fourth-order valence-electron chi connectivity index (χ4n) is 2.67. The molecule has 2 aliphatic rings. The van der Waals surface area contributed by atoms with Gasteiger partial charge in [-0.05, 0) is 43.4 Å². The zero-order valence-electron chi connectivity index (χ0n) is 10.5. The molecule has 1 N–H and O–H groups in total. The van der Waals surface area contributed by atoms with Gasteiger partial charge in [0.25, 0.3) is 0 Å². The van der Waals surface area contributed by atoms with Crippen molar-refractivity contribution < 1.29 is 0 Å². The van der Waals surface area contributed by atoms with Gasteiger partial charge < -0.3 is 5.32 Å². The number of aryl methyl sites for hydroxylation is 1. The van der Waals surface area contributed by atoms with Crippen LogP contribution in [0.3, 0.4) is 0 Å². The molecule has 0 amide bonds. The summed E-state index contributed by atoms with van der Waals surface area (Å²) in [4.78, 5) is 2.60. The van der Waals surface area contributed by atoms with Crippen molar-refractivity contribution in [3.8, 4) is 0 Å². The Bertz CT molecular complexity index is 371. The summed E-state index contributed by atoms with van der Waals surface area (Å²) >= 11 is 0. The highest BCUT2D eigenvalue weighted by atomic mass is 15.1. The predicted octanol–water partition coefficient (Wildman–Crippen LogP) is 2.19. The fraction of sp³-hybridized carbons (Fsp3) is 0.600. The van der Waals surface area contributed by atoms with E-state index in [1.54, 1.807) is 5.56 Å². The van der Waals surface area contributed by atoms with Crippen molar-refractivity contribution in [1.82, 2.24) is 10.2 Å². The van der Waals surface area contributed by atoms with E-state index >= 15 is 0 Å². The number of hydrogen-bond donors (Lipinski definition) is 1. The first-order valence-electron chi connectivity index (χ1n) is 6.94. The SMILES string of the molecule is c1ccc2c(c1)CCCN(CCNC1CC1)C2. The van der Waals surface area contributed by atoms with E-state index in [0.29, 0.717) is 0 Å². The summed E-state index contributed by atoms with van der Waals surface area (Å²) in [6.45, 7) is 4.75. The van der Waals surface area contributed by atoms with Crippen LogP contribution >= 0.6 is 0 Å². The Morgan fingerprint density at radius 2 is 2.00 bits per heavy atom. The first kappa shape index (κ1) is 11.2. The average Bonchev–Trinajstić information content (AvgIpc) is 3.15. The molecule has 1 fully saturated rings. The van der Waals surface area contributed by atoms with Crippen molar-refractivity contribution in [3.05, 3.63) is 35.4 Å². The molecule has 1 aromatic carbocycles. The van der Waals surface area contributed by atoms with Crippen LogP contribution < -0.4 is 5.32 Å². The third-order valence-electron chi connectivity index (χ3n) is 3.87. The zero-order chi connectivity index (χ0) is 11.5. The Morgan fingerprint density at radius 1 is 1.18 bits per heavy atom. The van der Waals surface area contributed by atoms with Gasteiger partial charge in [-0.15, -0.1) is 0 Å². The van der Waals surface area contributed by atoms with E-state index < -0.39 is 0 Å². The third-order valence-corrected chi connectivity index (χ3v) is 3.87. The lowest BCUT2D eigenvalue weighted by molar-refractivity contribution is 0.269. The number of rotatable bonds is 4. The second-order valence-electron chi connectivity index (χ2n) is 5.38. The molecule has 0 aromatic heterocycles. The molecule has 0 atom stereocenters. The summed E-state index contributed by atoms with van der Waals surface area (Å²) in [5, 5.41) is 3.61. The Balaban J connectivity index is 1.55. The van der Waals surface area contributed by atoms with Crippen LogP contribution in [-0.2, 0) is 13.0 Å². The van der Waals surface area contributed by atoms with Gasteiger partial charge in [-0.2, -0.15) is 0 Å². The Labute approximate surface area is 104 Å². The number of benzene rings is 1. The maximum Gasteiger partial charge on any atom is 0.0237 e. The van der Waals surface area contributed by atoms with E-state index in [2.05, 4.69) is 34.5 Å². The monoisotopic (exact) mass is 230 g/mol. The van der Waals surface area contributed by atoms with Crippen molar-refractivity contribution in [1.29, 1.82) is 0 Å². The Hall–Kier alpha value is -0.860. The maximum absolute atomic E-state index is 3.61. The van der Waals surface area contributed by atoms with Crippen LogP contribution in [0.1, 0.15) is 30.4 Å². The Morgan fingerprint density at radius 3 is 2.82 bits per heavy atom. The van der Waals surface area contributed by atoms with Crippen molar-refractivity contribution in [2.24, 2.45) is 0 Å². The molecular formula is C15H22N2. The molecule has 1 aliphatic heterocycles. The molecule has 0 saturated heterocycles. The lowest BCUT2D eigenvalue weighted by Crippen LogP contribution is -2.32. The molecular weight excluding hydrogens is 208 g/mol. The largest absolute Gasteiger partial charge is 0.313 e. The van der Waals surface area contributed by atoms with E-state index in [9.17, 15) is 0 Å². The first-order valence-corrected chi connectivity index (χ1v) is 6.94. The van der Waals surface area contributed by atoms with Crippen LogP contribution in [0.2, 0.25) is 0 Å². The van der Waals surface area contributed by atoms with Gasteiger partial charge in [0.2, 0.25) is 0 Å². The molecule has 0 radical (unpaired) electrons. The summed E-state index contributed by atoms with van der Waals surface area (Å²) < 4.78 is 0. The summed E-state index contributed by atoms with van der Waals surface area (Å²) in [5.41, 5.74) is 3.10. The lowest BCUT2D eigenvalue weighted by Gasteiger charge is -2.20. The van der Waals surface area contributed by atoms with Crippen LogP contribution in [0, 0.1) is 0 Å². The molecule has 1 heterocycles. The molecule has 1 aliphatic carbocycles. The van der Waals surface area contributed by atoms with Gasteiger partial charge in [-0.3, -0.25) is 4.90 Å². The second kappa shape index (κ2) is 5.19. The topological polar surface area (TPSA) is 15.3 Å². The third kappa shape index (κ3) is 3.08. The Kier molecular flexibility index (Phi) is 3.44. The summed E-state index contributed by atoms with van der Waals surface area (Å²) in [5.74, 6) is 0. The minimum Gasteiger partial charge on any atom is -0.313 e. The molecule has 92 valence electrons. The van der Waals surface area contributed by atoms with Gasteiger partial charge in [0.1, 0.15) is 0 Å². The summed E-state index contributed by atoms with van der Waals surface area (Å²) in [6.07, 6.45) is 5.34. The standard InChI is InChI=1S/C15H22N2/c1-2-5-14-12-17(10-3-6-13(14)4-1)11-9-16-15-7-8-15/h1-2,4-5,15-16H,3,6-12H2. The molecule has 0 unspecified atom stereocenters. The van der Waals surface area contributed by atoms with Crippen molar-refractivity contribution in [3.63, 3.8) is 0 Å². The van der Waals surface area contributed by atoms with E-state index in [1.807, 2.05) is 0 Å². The van der Waals surface area contributed by atoms with Gasteiger partial charge >= 0.3 is 0 Å². The second-order valence-corrected chi connectivity index (χ2v) is 5.38. The highest BCUT2D eigenvalue weighted by Gasteiger charge is 2.20. The zero-order valence-corrected chi connectivity index (χ0v) is 10.5. The predicted molar refractivity (Wildman–Crippen MR) is 71.1 cm³/mol. The first-order chi connectivity index (χ1) is 8.42. The smallest absolute Gasteiger partial charge is 0.0237 e. The van der Waals surface area contributed by atoms with Crippen LogP contribution in [0.25, 0.3) is 0 Å². The van der Waals surface area contributed by atoms with E-state index in [-0.39, 0.29) is 0 Å². The fourth-order valence-corrected chi connectivity index (χ4v) is 2.67. The molecule has 1 aromatic rings. The molecule has 3 rings (SSSR count).